The van der Waals surface area contributed by atoms with Gasteiger partial charge in [-0.2, -0.15) is 0 Å². The van der Waals surface area contributed by atoms with Crippen LogP contribution in [0.25, 0.3) is 0 Å². The van der Waals surface area contributed by atoms with Crippen LogP contribution in [0, 0.1) is 13.8 Å². The van der Waals surface area contributed by atoms with E-state index in [1.54, 1.807) is 6.08 Å². The molecular formula is C20H31NO3. The molecule has 2 rings (SSSR count). The summed E-state index contributed by atoms with van der Waals surface area (Å²) in [6, 6.07) is 6.55. The molecule has 0 spiro atoms. The molecule has 1 aliphatic heterocycles. The Balaban J connectivity index is 1.96. The molecule has 1 heterocycles. The molecule has 4 nitrogen and oxygen atoms in total. The number of benzene rings is 1. The number of aliphatic hydroxyl groups is 1. The first-order valence-corrected chi connectivity index (χ1v) is 8.85. The summed E-state index contributed by atoms with van der Waals surface area (Å²) in [7, 11) is 0. The highest BCUT2D eigenvalue weighted by molar-refractivity contribution is 5.30. The second-order valence-corrected chi connectivity index (χ2v) is 6.74. The molecule has 1 aromatic rings. The highest BCUT2D eigenvalue weighted by Gasteiger charge is 2.21. The van der Waals surface area contributed by atoms with Gasteiger partial charge in [-0.15, -0.1) is 6.58 Å². The fraction of sp³-hybridized carbons (Fsp3) is 0.600. The molecule has 1 N–H and O–H groups in total. The second-order valence-electron chi connectivity index (χ2n) is 6.74. The lowest BCUT2D eigenvalue weighted by Crippen LogP contribution is -2.39. The van der Waals surface area contributed by atoms with E-state index < -0.39 is 6.10 Å². The van der Waals surface area contributed by atoms with Gasteiger partial charge in [-0.3, -0.25) is 4.90 Å². The van der Waals surface area contributed by atoms with E-state index in [1.165, 1.54) is 16.7 Å². The summed E-state index contributed by atoms with van der Waals surface area (Å²) in [6.45, 7) is 11.8. The quantitative estimate of drug-likeness (QED) is 0.528. The topological polar surface area (TPSA) is 41.9 Å². The molecule has 0 unspecified atom stereocenters. The maximum Gasteiger partial charge on any atom is 0.0900 e. The van der Waals surface area contributed by atoms with Gasteiger partial charge in [-0.25, -0.2) is 0 Å². The number of rotatable bonds is 10. The van der Waals surface area contributed by atoms with Crippen molar-refractivity contribution in [3.8, 4) is 0 Å². The number of aliphatic hydroxyl groups excluding tert-OH is 1. The van der Waals surface area contributed by atoms with Crippen LogP contribution in [0.5, 0.6) is 0 Å². The fourth-order valence-corrected chi connectivity index (χ4v) is 3.18. The van der Waals surface area contributed by atoms with Gasteiger partial charge >= 0.3 is 0 Å². The van der Waals surface area contributed by atoms with Crippen molar-refractivity contribution in [3.63, 3.8) is 0 Å². The van der Waals surface area contributed by atoms with E-state index >= 15 is 0 Å². The van der Waals surface area contributed by atoms with Crippen LogP contribution in [0.15, 0.2) is 30.9 Å². The monoisotopic (exact) mass is 333 g/mol. The lowest BCUT2D eigenvalue weighted by molar-refractivity contribution is 0.00851. The number of nitrogens with zero attached hydrogens (tertiary/aromatic N) is 1. The highest BCUT2D eigenvalue weighted by atomic mass is 16.5. The average Bonchev–Trinajstić information content (AvgIpc) is 3.03. The summed E-state index contributed by atoms with van der Waals surface area (Å²) in [5.74, 6) is 0. The van der Waals surface area contributed by atoms with E-state index in [9.17, 15) is 5.11 Å². The van der Waals surface area contributed by atoms with Gasteiger partial charge in [0.15, 0.2) is 0 Å². The van der Waals surface area contributed by atoms with E-state index in [2.05, 4.69) is 43.5 Å². The SMILES string of the molecule is C=CCOC[C@@H](O)CN(Cc1ccc(C)cc1C)C[C@H]1CCCO1. The van der Waals surface area contributed by atoms with Crippen molar-refractivity contribution in [1.29, 1.82) is 0 Å². The van der Waals surface area contributed by atoms with Crippen molar-refractivity contribution in [2.24, 2.45) is 0 Å². The summed E-state index contributed by atoms with van der Waals surface area (Å²) < 4.78 is 11.2. The van der Waals surface area contributed by atoms with Crippen LogP contribution in [0.1, 0.15) is 29.5 Å². The van der Waals surface area contributed by atoms with E-state index in [0.717, 1.165) is 32.5 Å². The minimum absolute atomic E-state index is 0.275. The third kappa shape index (κ3) is 6.36. The van der Waals surface area contributed by atoms with Crippen molar-refractivity contribution >= 4 is 0 Å². The first kappa shape index (κ1) is 19.1. The predicted molar refractivity (Wildman–Crippen MR) is 97.2 cm³/mol. The zero-order valence-corrected chi connectivity index (χ0v) is 15.0. The largest absolute Gasteiger partial charge is 0.389 e. The standard InChI is InChI=1S/C20H31NO3/c1-4-9-23-15-19(22)13-21(14-20-6-5-10-24-20)12-18-8-7-16(2)11-17(18)3/h4,7-8,11,19-20,22H,1,5-6,9-10,12-15H2,2-3H3/t19-,20+/m0/s1. The highest BCUT2D eigenvalue weighted by Crippen LogP contribution is 2.18. The van der Waals surface area contributed by atoms with Crippen molar-refractivity contribution in [3.05, 3.63) is 47.5 Å². The second kappa shape index (κ2) is 9.94. The number of ether oxygens (including phenoxy) is 2. The van der Waals surface area contributed by atoms with E-state index in [-0.39, 0.29) is 6.10 Å². The smallest absolute Gasteiger partial charge is 0.0900 e. The minimum Gasteiger partial charge on any atom is -0.389 e. The molecule has 0 radical (unpaired) electrons. The molecule has 1 fully saturated rings. The van der Waals surface area contributed by atoms with Gasteiger partial charge in [-0.1, -0.05) is 29.8 Å². The molecule has 0 aromatic heterocycles. The Morgan fingerprint density at radius 2 is 2.29 bits per heavy atom. The lowest BCUT2D eigenvalue weighted by Gasteiger charge is -2.28. The van der Waals surface area contributed by atoms with Gasteiger partial charge < -0.3 is 14.6 Å². The van der Waals surface area contributed by atoms with Crippen molar-refractivity contribution < 1.29 is 14.6 Å². The van der Waals surface area contributed by atoms with Gasteiger partial charge in [0.25, 0.3) is 0 Å². The zero-order valence-electron chi connectivity index (χ0n) is 15.0. The van der Waals surface area contributed by atoms with Crippen LogP contribution in [-0.2, 0) is 16.0 Å². The Kier molecular flexibility index (Phi) is 7.92. The van der Waals surface area contributed by atoms with Gasteiger partial charge in [-0.05, 0) is 37.8 Å². The molecular weight excluding hydrogens is 302 g/mol. The van der Waals surface area contributed by atoms with Crippen LogP contribution in [0.2, 0.25) is 0 Å². The van der Waals surface area contributed by atoms with E-state index in [0.29, 0.717) is 19.8 Å². The molecule has 1 aromatic carbocycles. The van der Waals surface area contributed by atoms with Gasteiger partial charge in [0.1, 0.15) is 0 Å². The zero-order chi connectivity index (χ0) is 17.4. The summed E-state index contributed by atoms with van der Waals surface area (Å²) in [5, 5.41) is 10.3. The Morgan fingerprint density at radius 3 is 2.96 bits per heavy atom. The molecule has 134 valence electrons. The molecule has 0 amide bonds. The summed E-state index contributed by atoms with van der Waals surface area (Å²) >= 11 is 0. The molecule has 4 heteroatoms. The van der Waals surface area contributed by atoms with Crippen LogP contribution < -0.4 is 0 Å². The van der Waals surface area contributed by atoms with E-state index in [4.69, 9.17) is 9.47 Å². The maximum atomic E-state index is 10.3. The molecule has 0 bridgehead atoms. The Labute approximate surface area is 146 Å². The molecule has 2 atom stereocenters. The average molecular weight is 333 g/mol. The predicted octanol–water partition coefficient (Wildman–Crippen LogP) is 2.85. The molecule has 1 saturated heterocycles. The Morgan fingerprint density at radius 1 is 1.46 bits per heavy atom. The van der Waals surface area contributed by atoms with Gasteiger partial charge in [0.2, 0.25) is 0 Å². The lowest BCUT2D eigenvalue weighted by atomic mass is 10.0. The Hall–Kier alpha value is -1.20. The van der Waals surface area contributed by atoms with Crippen LogP contribution >= 0.6 is 0 Å². The van der Waals surface area contributed by atoms with Crippen molar-refractivity contribution in [2.75, 3.05) is 32.9 Å². The molecule has 0 saturated carbocycles. The molecule has 1 aliphatic rings. The Bertz CT molecular complexity index is 512. The normalized spacial score (nSPS) is 18.9. The van der Waals surface area contributed by atoms with Crippen LogP contribution in [-0.4, -0.2) is 55.1 Å². The van der Waals surface area contributed by atoms with Crippen molar-refractivity contribution in [2.45, 2.75) is 45.4 Å². The molecule has 24 heavy (non-hydrogen) atoms. The number of hydrogen-bond acceptors (Lipinski definition) is 4. The summed E-state index contributed by atoms with van der Waals surface area (Å²) in [4.78, 5) is 2.29. The van der Waals surface area contributed by atoms with Crippen LogP contribution in [0.4, 0.5) is 0 Å². The fourth-order valence-electron chi connectivity index (χ4n) is 3.18. The number of hydrogen-bond donors (Lipinski definition) is 1. The van der Waals surface area contributed by atoms with E-state index in [1.807, 2.05) is 0 Å². The molecule has 0 aliphatic carbocycles. The van der Waals surface area contributed by atoms with Crippen LogP contribution in [0.3, 0.4) is 0 Å². The first-order valence-electron chi connectivity index (χ1n) is 8.85. The summed E-state index contributed by atoms with van der Waals surface area (Å²) in [6.07, 6.45) is 3.71. The third-order valence-electron chi connectivity index (χ3n) is 4.39. The summed E-state index contributed by atoms with van der Waals surface area (Å²) in [5.41, 5.74) is 3.88. The van der Waals surface area contributed by atoms with Gasteiger partial charge in [0, 0.05) is 26.2 Å². The van der Waals surface area contributed by atoms with Gasteiger partial charge in [0.05, 0.1) is 25.4 Å². The third-order valence-corrected chi connectivity index (χ3v) is 4.39. The minimum atomic E-state index is -0.503. The maximum absolute atomic E-state index is 10.3. The first-order chi connectivity index (χ1) is 11.6. The number of aryl methyl sites for hydroxylation is 2. The van der Waals surface area contributed by atoms with Crippen molar-refractivity contribution in [1.82, 2.24) is 4.90 Å².